The van der Waals surface area contributed by atoms with Gasteiger partial charge in [-0.25, -0.2) is 9.59 Å². The van der Waals surface area contributed by atoms with Crippen molar-refractivity contribution in [3.8, 4) is 0 Å². The van der Waals surface area contributed by atoms with E-state index in [9.17, 15) is 0 Å². The molecular formula is C13H16ClNO4. The maximum Gasteiger partial charge on any atom is 0.414 e. The van der Waals surface area contributed by atoms with Gasteiger partial charge in [-0.05, 0) is 37.6 Å². The molecule has 1 aromatic carbocycles. The maximum atomic E-state index is 9.10. The molecule has 0 bridgehead atoms. The molecule has 0 atom stereocenters. The number of hydrogen-bond donors (Lipinski definition) is 2. The van der Waals surface area contributed by atoms with Crippen LogP contribution >= 0.6 is 11.6 Å². The van der Waals surface area contributed by atoms with Crippen molar-refractivity contribution in [1.29, 1.82) is 0 Å². The molecule has 2 rings (SSSR count). The number of likely N-dealkylation sites (tertiary alicyclic amines) is 1. The number of hydrogen-bond acceptors (Lipinski definition) is 3. The fourth-order valence-electron chi connectivity index (χ4n) is 1.81. The lowest BCUT2D eigenvalue weighted by Crippen LogP contribution is -2.18. The Hall–Kier alpha value is -1.59. The lowest BCUT2D eigenvalue weighted by atomic mass is 10.2. The molecule has 0 saturated carbocycles. The van der Waals surface area contributed by atoms with Crippen molar-refractivity contribution >= 4 is 23.5 Å². The van der Waals surface area contributed by atoms with E-state index in [0.717, 1.165) is 11.6 Å². The molecular weight excluding hydrogens is 270 g/mol. The highest BCUT2D eigenvalue weighted by molar-refractivity contribution is 6.31. The average Bonchev–Trinajstić information content (AvgIpc) is 2.86. The van der Waals surface area contributed by atoms with Crippen LogP contribution in [0.1, 0.15) is 18.4 Å². The summed E-state index contributed by atoms with van der Waals surface area (Å²) in [7, 11) is 0. The Morgan fingerprint density at radius 3 is 2.11 bits per heavy atom. The van der Waals surface area contributed by atoms with Crippen LogP contribution in [-0.4, -0.2) is 40.1 Å². The summed E-state index contributed by atoms with van der Waals surface area (Å²) in [4.78, 5) is 20.7. The van der Waals surface area contributed by atoms with Crippen molar-refractivity contribution in [2.45, 2.75) is 19.4 Å². The summed E-state index contributed by atoms with van der Waals surface area (Å²) in [5.74, 6) is -3.65. The van der Waals surface area contributed by atoms with Crippen molar-refractivity contribution in [3.63, 3.8) is 0 Å². The summed E-state index contributed by atoms with van der Waals surface area (Å²) in [6, 6.07) is 8.11. The van der Waals surface area contributed by atoms with Crippen LogP contribution in [0, 0.1) is 0 Å². The smallest absolute Gasteiger partial charge is 0.414 e. The highest BCUT2D eigenvalue weighted by Crippen LogP contribution is 2.19. The van der Waals surface area contributed by atoms with Gasteiger partial charge in [-0.15, -0.1) is 0 Å². The first kappa shape index (κ1) is 15.5. The quantitative estimate of drug-likeness (QED) is 0.814. The minimum absolute atomic E-state index is 0.898. The highest BCUT2D eigenvalue weighted by atomic mass is 35.5. The van der Waals surface area contributed by atoms with Gasteiger partial charge in [0.15, 0.2) is 0 Å². The van der Waals surface area contributed by atoms with E-state index in [1.54, 1.807) is 0 Å². The minimum Gasteiger partial charge on any atom is -0.473 e. The molecule has 1 aromatic rings. The number of benzene rings is 1. The van der Waals surface area contributed by atoms with Crippen molar-refractivity contribution < 1.29 is 19.8 Å². The molecule has 0 aromatic heterocycles. The number of halogens is 1. The van der Waals surface area contributed by atoms with Gasteiger partial charge in [0.25, 0.3) is 0 Å². The Balaban J connectivity index is 0.000000258. The van der Waals surface area contributed by atoms with Crippen LogP contribution in [-0.2, 0) is 16.1 Å². The number of rotatable bonds is 2. The molecule has 0 amide bonds. The first-order valence-electron chi connectivity index (χ1n) is 5.92. The molecule has 0 radical (unpaired) electrons. The topological polar surface area (TPSA) is 77.8 Å². The van der Waals surface area contributed by atoms with Crippen LogP contribution in [0.4, 0.5) is 0 Å². The van der Waals surface area contributed by atoms with Crippen molar-refractivity contribution in [1.82, 2.24) is 4.90 Å². The van der Waals surface area contributed by atoms with Crippen LogP contribution in [0.5, 0.6) is 0 Å². The van der Waals surface area contributed by atoms with E-state index in [1.165, 1.54) is 31.5 Å². The van der Waals surface area contributed by atoms with E-state index < -0.39 is 11.9 Å². The zero-order valence-electron chi connectivity index (χ0n) is 10.4. The van der Waals surface area contributed by atoms with Gasteiger partial charge in [-0.1, -0.05) is 29.8 Å². The van der Waals surface area contributed by atoms with Crippen molar-refractivity contribution in [2.24, 2.45) is 0 Å². The van der Waals surface area contributed by atoms with E-state index in [-0.39, 0.29) is 0 Å². The Bertz CT molecular complexity index is 432. The van der Waals surface area contributed by atoms with Gasteiger partial charge < -0.3 is 10.2 Å². The summed E-state index contributed by atoms with van der Waals surface area (Å²) >= 11 is 6.08. The highest BCUT2D eigenvalue weighted by Gasteiger charge is 2.12. The van der Waals surface area contributed by atoms with Crippen LogP contribution < -0.4 is 0 Å². The van der Waals surface area contributed by atoms with Gasteiger partial charge >= 0.3 is 11.9 Å². The largest absolute Gasteiger partial charge is 0.473 e. The van der Waals surface area contributed by atoms with Gasteiger partial charge in [-0.3, -0.25) is 4.90 Å². The lowest BCUT2D eigenvalue weighted by molar-refractivity contribution is -0.159. The predicted molar refractivity (Wildman–Crippen MR) is 71.2 cm³/mol. The van der Waals surface area contributed by atoms with Crippen LogP contribution in [0.15, 0.2) is 24.3 Å². The van der Waals surface area contributed by atoms with Crippen LogP contribution in [0.2, 0.25) is 5.02 Å². The summed E-state index contributed by atoms with van der Waals surface area (Å²) in [5, 5.41) is 15.7. The molecule has 2 N–H and O–H groups in total. The fraction of sp³-hybridized carbons (Fsp3) is 0.385. The van der Waals surface area contributed by atoms with E-state index in [0.29, 0.717) is 0 Å². The lowest BCUT2D eigenvalue weighted by Gasteiger charge is -2.15. The molecule has 1 fully saturated rings. The molecule has 19 heavy (non-hydrogen) atoms. The molecule has 1 saturated heterocycles. The van der Waals surface area contributed by atoms with Gasteiger partial charge in [0.1, 0.15) is 0 Å². The van der Waals surface area contributed by atoms with Gasteiger partial charge in [-0.2, -0.15) is 0 Å². The fourth-order valence-corrected chi connectivity index (χ4v) is 2.00. The first-order valence-corrected chi connectivity index (χ1v) is 6.30. The van der Waals surface area contributed by atoms with E-state index in [1.807, 2.05) is 12.1 Å². The number of nitrogens with zero attached hydrogens (tertiary/aromatic N) is 1. The molecule has 0 unspecified atom stereocenters. The van der Waals surface area contributed by atoms with Crippen molar-refractivity contribution in [2.75, 3.05) is 13.1 Å². The normalized spacial score (nSPS) is 14.6. The van der Waals surface area contributed by atoms with E-state index in [4.69, 9.17) is 31.4 Å². The second kappa shape index (κ2) is 7.76. The average molecular weight is 286 g/mol. The third kappa shape index (κ3) is 5.72. The first-order chi connectivity index (χ1) is 9.00. The molecule has 1 heterocycles. The van der Waals surface area contributed by atoms with Gasteiger partial charge in [0, 0.05) is 11.6 Å². The minimum atomic E-state index is -1.82. The summed E-state index contributed by atoms with van der Waals surface area (Å²) in [6.45, 7) is 3.47. The number of aliphatic carboxylic acids is 2. The SMILES string of the molecule is Clc1ccccc1CN1CCCC1.O=C(O)C(=O)O. The predicted octanol–water partition coefficient (Wildman–Crippen LogP) is 2.09. The number of carboxylic acid groups (broad SMARTS) is 2. The Labute approximate surface area is 116 Å². The van der Waals surface area contributed by atoms with Crippen LogP contribution in [0.25, 0.3) is 0 Å². The molecule has 0 aliphatic carbocycles. The number of carbonyl (C=O) groups is 2. The Morgan fingerprint density at radius 1 is 1.11 bits per heavy atom. The third-order valence-electron chi connectivity index (χ3n) is 2.73. The summed E-state index contributed by atoms with van der Waals surface area (Å²) in [6.07, 6.45) is 2.68. The molecule has 6 heteroatoms. The second-order valence-corrected chi connectivity index (χ2v) is 4.59. The molecule has 1 aliphatic heterocycles. The maximum absolute atomic E-state index is 9.10. The summed E-state index contributed by atoms with van der Waals surface area (Å²) < 4.78 is 0. The Morgan fingerprint density at radius 2 is 1.63 bits per heavy atom. The molecule has 1 aliphatic rings. The van der Waals surface area contributed by atoms with Gasteiger partial charge in [0.05, 0.1) is 0 Å². The summed E-state index contributed by atoms with van der Waals surface area (Å²) in [5.41, 5.74) is 1.26. The third-order valence-corrected chi connectivity index (χ3v) is 3.10. The van der Waals surface area contributed by atoms with E-state index in [2.05, 4.69) is 17.0 Å². The molecule has 104 valence electrons. The second-order valence-electron chi connectivity index (χ2n) is 4.18. The number of carboxylic acids is 2. The molecule has 0 spiro atoms. The molecule has 5 nitrogen and oxygen atoms in total. The monoisotopic (exact) mass is 285 g/mol. The van der Waals surface area contributed by atoms with Crippen LogP contribution in [0.3, 0.4) is 0 Å². The zero-order chi connectivity index (χ0) is 14.3. The zero-order valence-corrected chi connectivity index (χ0v) is 11.1. The van der Waals surface area contributed by atoms with Crippen molar-refractivity contribution in [3.05, 3.63) is 34.9 Å². The Kier molecular flexibility index (Phi) is 6.32. The standard InChI is InChI=1S/C11H14ClN.C2H2O4/c12-11-6-2-1-5-10(11)9-13-7-3-4-8-13;3-1(4)2(5)6/h1-2,5-6H,3-4,7-9H2;(H,3,4)(H,5,6). The van der Waals surface area contributed by atoms with E-state index >= 15 is 0 Å². The van der Waals surface area contributed by atoms with Gasteiger partial charge in [0.2, 0.25) is 0 Å².